The van der Waals surface area contributed by atoms with Crippen LogP contribution < -0.4 is 5.32 Å². The van der Waals surface area contributed by atoms with Gasteiger partial charge in [0.1, 0.15) is 5.54 Å². The van der Waals surface area contributed by atoms with Gasteiger partial charge < -0.3 is 14.6 Å². The molecule has 3 rings (SSSR count). The number of aromatic nitrogens is 1. The first-order valence-electron chi connectivity index (χ1n) is 9.59. The fourth-order valence-electron chi connectivity index (χ4n) is 3.76. The lowest BCUT2D eigenvalue weighted by Crippen LogP contribution is -2.41. The van der Waals surface area contributed by atoms with Gasteiger partial charge >= 0.3 is 6.03 Å². The van der Waals surface area contributed by atoms with E-state index < -0.39 is 17.5 Å². The highest BCUT2D eigenvalue weighted by molar-refractivity contribution is 6.11. The number of ether oxygens (including phenoxy) is 1. The highest BCUT2D eigenvalue weighted by Crippen LogP contribution is 2.29. The van der Waals surface area contributed by atoms with Gasteiger partial charge in [-0.25, -0.2) is 4.79 Å². The van der Waals surface area contributed by atoms with Crippen LogP contribution in [0.5, 0.6) is 0 Å². The molecule has 2 heterocycles. The Labute approximate surface area is 170 Å². The number of rotatable bonds is 7. The molecule has 0 saturated carbocycles. The summed E-state index contributed by atoms with van der Waals surface area (Å²) in [5, 5.41) is 2.75. The van der Waals surface area contributed by atoms with E-state index in [1.165, 1.54) is 0 Å². The van der Waals surface area contributed by atoms with E-state index >= 15 is 0 Å². The Hall–Kier alpha value is -2.93. The zero-order valence-electron chi connectivity index (χ0n) is 17.5. The van der Waals surface area contributed by atoms with Crippen molar-refractivity contribution in [1.82, 2.24) is 14.8 Å². The predicted octanol–water partition coefficient (Wildman–Crippen LogP) is 2.71. The fraction of sp³-hybridized carbons (Fsp3) is 0.409. The zero-order valence-corrected chi connectivity index (χ0v) is 17.5. The smallest absolute Gasteiger partial charge is 0.325 e. The van der Waals surface area contributed by atoms with Crippen LogP contribution in [0.2, 0.25) is 0 Å². The maximum Gasteiger partial charge on any atom is 0.325 e. The number of methoxy groups -OCH3 is 1. The molecule has 1 aliphatic rings. The Morgan fingerprint density at radius 2 is 1.79 bits per heavy atom. The normalized spacial score (nSPS) is 19.0. The standard InChI is InChI=1S/C22H27N3O4/c1-14-6-8-17(9-7-14)22(4)20(27)25(21(28)23-22)13-19(26)18-12-15(2)24(16(18)3)10-11-29-5/h6-9,12H,10-11,13H2,1-5H3,(H,23,28)/t22-/m0/s1. The number of nitrogens with zero attached hydrogens (tertiary/aromatic N) is 2. The number of benzene rings is 1. The molecule has 1 fully saturated rings. The molecule has 3 amide bonds. The number of urea groups is 1. The number of carbonyl (C=O) groups excluding carboxylic acids is 3. The summed E-state index contributed by atoms with van der Waals surface area (Å²) in [7, 11) is 1.63. The molecule has 0 unspecified atom stereocenters. The van der Waals surface area contributed by atoms with E-state index in [1.807, 2.05) is 49.6 Å². The van der Waals surface area contributed by atoms with Crippen LogP contribution >= 0.6 is 0 Å². The SMILES string of the molecule is COCCn1c(C)cc(C(=O)CN2C(=O)N[C@@](C)(c3ccc(C)cc3)C2=O)c1C. The summed E-state index contributed by atoms with van der Waals surface area (Å²) in [5.74, 6) is -0.689. The topological polar surface area (TPSA) is 80.6 Å². The Balaban J connectivity index is 1.82. The van der Waals surface area contributed by atoms with E-state index in [4.69, 9.17) is 4.74 Å². The van der Waals surface area contributed by atoms with Crippen molar-refractivity contribution in [2.24, 2.45) is 0 Å². The maximum atomic E-state index is 13.1. The molecule has 0 radical (unpaired) electrons. The lowest BCUT2D eigenvalue weighted by Gasteiger charge is -2.22. The minimum absolute atomic E-state index is 0.265. The number of hydrogen-bond acceptors (Lipinski definition) is 4. The first-order chi connectivity index (χ1) is 13.7. The van der Waals surface area contributed by atoms with E-state index in [2.05, 4.69) is 5.32 Å². The monoisotopic (exact) mass is 397 g/mol. The summed E-state index contributed by atoms with van der Waals surface area (Å²) in [6.45, 7) is 8.27. The molecule has 2 aromatic rings. The highest BCUT2D eigenvalue weighted by Gasteiger charge is 2.49. The van der Waals surface area contributed by atoms with Gasteiger partial charge in [-0.1, -0.05) is 29.8 Å². The van der Waals surface area contributed by atoms with Crippen LogP contribution in [0.25, 0.3) is 0 Å². The van der Waals surface area contributed by atoms with Crippen LogP contribution in [-0.4, -0.2) is 47.4 Å². The van der Waals surface area contributed by atoms with Gasteiger partial charge in [-0.3, -0.25) is 14.5 Å². The van der Waals surface area contributed by atoms with Crippen molar-refractivity contribution in [3.05, 3.63) is 58.4 Å². The predicted molar refractivity (Wildman–Crippen MR) is 109 cm³/mol. The van der Waals surface area contributed by atoms with E-state index in [9.17, 15) is 14.4 Å². The Morgan fingerprint density at radius 3 is 2.41 bits per heavy atom. The van der Waals surface area contributed by atoms with Gasteiger partial charge in [-0.05, 0) is 39.3 Å². The molecule has 1 atom stereocenters. The maximum absolute atomic E-state index is 13.1. The van der Waals surface area contributed by atoms with Crippen LogP contribution in [-0.2, 0) is 21.6 Å². The van der Waals surface area contributed by atoms with Gasteiger partial charge in [0.25, 0.3) is 5.91 Å². The van der Waals surface area contributed by atoms with Gasteiger partial charge in [-0.15, -0.1) is 0 Å². The molecule has 1 aromatic heterocycles. The minimum Gasteiger partial charge on any atom is -0.383 e. The molecule has 1 saturated heterocycles. The Kier molecular flexibility index (Phi) is 5.61. The Morgan fingerprint density at radius 1 is 1.14 bits per heavy atom. The summed E-state index contributed by atoms with van der Waals surface area (Å²) in [6, 6.07) is 8.67. The van der Waals surface area contributed by atoms with Gasteiger partial charge in [0.2, 0.25) is 0 Å². The average Bonchev–Trinajstić information content (AvgIpc) is 3.08. The molecule has 7 nitrogen and oxygen atoms in total. The van der Waals surface area contributed by atoms with E-state index in [-0.39, 0.29) is 12.3 Å². The first-order valence-corrected chi connectivity index (χ1v) is 9.59. The summed E-state index contributed by atoms with van der Waals surface area (Å²) >= 11 is 0. The number of ketones is 1. The lowest BCUT2D eigenvalue weighted by atomic mass is 9.91. The molecule has 1 aromatic carbocycles. The average molecular weight is 397 g/mol. The number of Topliss-reactive ketones (excluding diaryl/α,β-unsaturated/α-hetero) is 1. The highest BCUT2D eigenvalue weighted by atomic mass is 16.5. The third kappa shape index (κ3) is 3.70. The molecular weight excluding hydrogens is 370 g/mol. The van der Waals surface area contributed by atoms with Crippen LogP contribution in [0.15, 0.2) is 30.3 Å². The van der Waals surface area contributed by atoms with Crippen molar-refractivity contribution in [3.8, 4) is 0 Å². The number of hydrogen-bond donors (Lipinski definition) is 1. The minimum atomic E-state index is -1.18. The second-order valence-corrected chi connectivity index (χ2v) is 7.66. The summed E-state index contributed by atoms with van der Waals surface area (Å²) in [5.41, 5.74) is 2.82. The van der Waals surface area contributed by atoms with Gasteiger partial charge in [-0.2, -0.15) is 0 Å². The number of aryl methyl sites for hydroxylation is 2. The lowest BCUT2D eigenvalue weighted by molar-refractivity contribution is -0.130. The van der Waals surface area contributed by atoms with Crippen molar-refractivity contribution < 1.29 is 19.1 Å². The molecule has 1 aliphatic heterocycles. The van der Waals surface area contributed by atoms with Gasteiger partial charge in [0.05, 0.1) is 13.2 Å². The summed E-state index contributed by atoms with van der Waals surface area (Å²) < 4.78 is 7.12. The van der Waals surface area contributed by atoms with Crippen LogP contribution in [0.1, 0.15) is 39.8 Å². The van der Waals surface area contributed by atoms with Crippen molar-refractivity contribution in [2.75, 3.05) is 20.3 Å². The summed E-state index contributed by atoms with van der Waals surface area (Å²) in [6.07, 6.45) is 0. The molecule has 154 valence electrons. The third-order valence-electron chi connectivity index (χ3n) is 5.60. The largest absolute Gasteiger partial charge is 0.383 e. The van der Waals surface area contributed by atoms with Crippen molar-refractivity contribution in [3.63, 3.8) is 0 Å². The van der Waals surface area contributed by atoms with E-state index in [0.29, 0.717) is 24.3 Å². The van der Waals surface area contributed by atoms with Crippen molar-refractivity contribution in [1.29, 1.82) is 0 Å². The second-order valence-electron chi connectivity index (χ2n) is 7.66. The van der Waals surface area contributed by atoms with E-state index in [0.717, 1.165) is 21.9 Å². The molecule has 7 heteroatoms. The zero-order chi connectivity index (χ0) is 21.3. The van der Waals surface area contributed by atoms with E-state index in [1.54, 1.807) is 20.1 Å². The van der Waals surface area contributed by atoms with Crippen molar-refractivity contribution in [2.45, 2.75) is 39.8 Å². The molecule has 0 aliphatic carbocycles. The summed E-state index contributed by atoms with van der Waals surface area (Å²) in [4.78, 5) is 39.5. The van der Waals surface area contributed by atoms with Crippen LogP contribution in [0.4, 0.5) is 4.79 Å². The number of imide groups is 1. The molecule has 29 heavy (non-hydrogen) atoms. The molecule has 0 bridgehead atoms. The third-order valence-corrected chi connectivity index (χ3v) is 5.60. The number of amides is 3. The van der Waals surface area contributed by atoms with Crippen molar-refractivity contribution >= 4 is 17.7 Å². The molecule has 1 N–H and O–H groups in total. The number of nitrogens with one attached hydrogen (secondary N) is 1. The van der Waals surface area contributed by atoms with Crippen LogP contribution in [0, 0.1) is 20.8 Å². The Bertz CT molecular complexity index is 961. The van der Waals surface area contributed by atoms with Crippen LogP contribution in [0.3, 0.4) is 0 Å². The first kappa shape index (κ1) is 20.8. The molecule has 0 spiro atoms. The fourth-order valence-corrected chi connectivity index (χ4v) is 3.76. The second kappa shape index (κ2) is 7.83. The molecular formula is C22H27N3O4. The van der Waals surface area contributed by atoms with Gasteiger partial charge in [0, 0.05) is 30.6 Å². The van der Waals surface area contributed by atoms with Gasteiger partial charge in [0.15, 0.2) is 5.78 Å². The number of carbonyl (C=O) groups is 3. The quantitative estimate of drug-likeness (QED) is 0.575.